The van der Waals surface area contributed by atoms with Gasteiger partial charge in [-0.1, -0.05) is 35.9 Å². The first-order valence-corrected chi connectivity index (χ1v) is 7.47. The third-order valence-electron chi connectivity index (χ3n) is 3.78. The fourth-order valence-electron chi connectivity index (χ4n) is 2.25. The number of aryl methyl sites for hydroxylation is 4. The molecule has 0 saturated heterocycles. The van der Waals surface area contributed by atoms with E-state index in [-0.39, 0.29) is 5.91 Å². The van der Waals surface area contributed by atoms with Gasteiger partial charge in [0.2, 0.25) is 5.91 Å². The Kier molecular flexibility index (Phi) is 5.15. The van der Waals surface area contributed by atoms with Crippen LogP contribution in [0.5, 0.6) is 0 Å². The number of nitrogens with one attached hydrogen (secondary N) is 1. The number of carbonyl (C=O) groups excluding carboxylic acids is 1. The molecule has 2 rings (SSSR count). The Labute approximate surface area is 127 Å². The molecule has 2 heteroatoms. The Morgan fingerprint density at radius 2 is 1.67 bits per heavy atom. The van der Waals surface area contributed by atoms with E-state index in [0.717, 1.165) is 18.5 Å². The summed E-state index contributed by atoms with van der Waals surface area (Å²) in [5.41, 5.74) is 5.89. The minimum atomic E-state index is 0.0883. The van der Waals surface area contributed by atoms with Gasteiger partial charge in [-0.05, 0) is 62.4 Å². The molecule has 21 heavy (non-hydrogen) atoms. The summed E-state index contributed by atoms with van der Waals surface area (Å²) in [5, 5.41) is 2.97. The molecular formula is C19H23NO. The Bertz CT molecular complexity index is 614. The van der Waals surface area contributed by atoms with Crippen LogP contribution in [-0.4, -0.2) is 5.91 Å². The normalized spacial score (nSPS) is 10.4. The molecule has 0 aromatic heterocycles. The fourth-order valence-corrected chi connectivity index (χ4v) is 2.25. The lowest BCUT2D eigenvalue weighted by Crippen LogP contribution is -2.11. The maximum absolute atomic E-state index is 11.9. The molecule has 0 fully saturated rings. The van der Waals surface area contributed by atoms with Crippen molar-refractivity contribution >= 4 is 11.6 Å². The van der Waals surface area contributed by atoms with E-state index in [1.807, 2.05) is 18.2 Å². The molecule has 0 aliphatic carbocycles. The Balaban J connectivity index is 1.79. The largest absolute Gasteiger partial charge is 0.326 e. The van der Waals surface area contributed by atoms with Crippen LogP contribution in [0, 0.1) is 20.8 Å². The van der Waals surface area contributed by atoms with Crippen molar-refractivity contribution in [2.45, 2.75) is 40.0 Å². The molecule has 0 aliphatic rings. The van der Waals surface area contributed by atoms with Crippen LogP contribution in [-0.2, 0) is 11.2 Å². The van der Waals surface area contributed by atoms with Gasteiger partial charge in [0.15, 0.2) is 0 Å². The highest BCUT2D eigenvalue weighted by molar-refractivity contribution is 5.90. The number of rotatable bonds is 5. The van der Waals surface area contributed by atoms with E-state index < -0.39 is 0 Å². The summed E-state index contributed by atoms with van der Waals surface area (Å²) in [6.45, 7) is 6.21. The summed E-state index contributed by atoms with van der Waals surface area (Å²) in [7, 11) is 0. The van der Waals surface area contributed by atoms with Gasteiger partial charge in [-0.2, -0.15) is 0 Å². The van der Waals surface area contributed by atoms with Gasteiger partial charge in [-0.3, -0.25) is 4.79 Å². The highest BCUT2D eigenvalue weighted by Gasteiger charge is 2.04. The molecule has 0 saturated carbocycles. The van der Waals surface area contributed by atoms with Gasteiger partial charge in [0, 0.05) is 12.1 Å². The number of hydrogen-bond donors (Lipinski definition) is 1. The third kappa shape index (κ3) is 4.75. The first-order valence-electron chi connectivity index (χ1n) is 7.47. The van der Waals surface area contributed by atoms with E-state index >= 15 is 0 Å². The molecule has 0 bridgehead atoms. The molecule has 0 atom stereocenters. The van der Waals surface area contributed by atoms with Gasteiger partial charge in [0.25, 0.3) is 0 Å². The van der Waals surface area contributed by atoms with Gasteiger partial charge in [0.1, 0.15) is 0 Å². The first kappa shape index (κ1) is 15.3. The summed E-state index contributed by atoms with van der Waals surface area (Å²) in [6, 6.07) is 14.5. The molecule has 0 spiro atoms. The summed E-state index contributed by atoms with van der Waals surface area (Å²) in [4.78, 5) is 11.9. The van der Waals surface area contributed by atoms with Crippen molar-refractivity contribution in [3.8, 4) is 0 Å². The fraction of sp³-hybridized carbons (Fsp3) is 0.316. The molecule has 0 radical (unpaired) electrons. The van der Waals surface area contributed by atoms with Gasteiger partial charge < -0.3 is 5.32 Å². The number of carbonyl (C=O) groups is 1. The predicted molar refractivity (Wildman–Crippen MR) is 88.7 cm³/mol. The van der Waals surface area contributed by atoms with E-state index in [9.17, 15) is 4.79 Å². The minimum absolute atomic E-state index is 0.0883. The van der Waals surface area contributed by atoms with Crippen molar-refractivity contribution in [1.82, 2.24) is 0 Å². The summed E-state index contributed by atoms with van der Waals surface area (Å²) >= 11 is 0. The van der Waals surface area contributed by atoms with Crippen LogP contribution in [0.3, 0.4) is 0 Å². The second-order valence-corrected chi connectivity index (χ2v) is 5.69. The van der Waals surface area contributed by atoms with Gasteiger partial charge in [0.05, 0.1) is 0 Å². The molecule has 2 aromatic carbocycles. The molecule has 1 amide bonds. The lowest BCUT2D eigenvalue weighted by molar-refractivity contribution is -0.116. The Morgan fingerprint density at radius 1 is 0.952 bits per heavy atom. The van der Waals surface area contributed by atoms with Crippen LogP contribution in [0.1, 0.15) is 35.1 Å². The van der Waals surface area contributed by atoms with Crippen LogP contribution in [0.15, 0.2) is 42.5 Å². The van der Waals surface area contributed by atoms with E-state index in [4.69, 9.17) is 0 Å². The smallest absolute Gasteiger partial charge is 0.224 e. The molecule has 110 valence electrons. The first-order chi connectivity index (χ1) is 10.0. The van der Waals surface area contributed by atoms with Crippen molar-refractivity contribution in [1.29, 1.82) is 0 Å². The average molecular weight is 281 g/mol. The topological polar surface area (TPSA) is 29.1 Å². The molecule has 2 nitrogen and oxygen atoms in total. The van der Waals surface area contributed by atoms with Crippen LogP contribution < -0.4 is 5.32 Å². The quantitative estimate of drug-likeness (QED) is 0.854. The maximum Gasteiger partial charge on any atom is 0.224 e. The lowest BCUT2D eigenvalue weighted by atomic mass is 10.1. The minimum Gasteiger partial charge on any atom is -0.326 e. The molecular weight excluding hydrogens is 258 g/mol. The van der Waals surface area contributed by atoms with Crippen molar-refractivity contribution in [2.24, 2.45) is 0 Å². The highest BCUT2D eigenvalue weighted by Crippen LogP contribution is 2.15. The third-order valence-corrected chi connectivity index (χ3v) is 3.78. The number of anilines is 1. The number of hydrogen-bond acceptors (Lipinski definition) is 1. The summed E-state index contributed by atoms with van der Waals surface area (Å²) < 4.78 is 0. The van der Waals surface area contributed by atoms with Gasteiger partial charge in [-0.15, -0.1) is 0 Å². The van der Waals surface area contributed by atoms with Crippen molar-refractivity contribution < 1.29 is 4.79 Å². The Hall–Kier alpha value is -2.09. The summed E-state index contributed by atoms with van der Waals surface area (Å²) in [6.07, 6.45) is 2.38. The van der Waals surface area contributed by atoms with E-state index in [1.165, 1.54) is 22.3 Å². The van der Waals surface area contributed by atoms with E-state index in [1.54, 1.807) is 0 Å². The van der Waals surface area contributed by atoms with Crippen molar-refractivity contribution in [3.63, 3.8) is 0 Å². The van der Waals surface area contributed by atoms with Crippen LogP contribution >= 0.6 is 0 Å². The summed E-state index contributed by atoms with van der Waals surface area (Å²) in [5.74, 6) is 0.0883. The van der Waals surface area contributed by atoms with Crippen LogP contribution in [0.2, 0.25) is 0 Å². The maximum atomic E-state index is 11.9. The standard InChI is InChI=1S/C19H23NO/c1-14-7-10-17(11-8-14)5-4-6-19(21)20-18-12-9-15(2)16(3)13-18/h7-13H,4-6H2,1-3H3,(H,20,21). The average Bonchev–Trinajstić information content (AvgIpc) is 2.45. The van der Waals surface area contributed by atoms with E-state index in [0.29, 0.717) is 6.42 Å². The zero-order valence-electron chi connectivity index (χ0n) is 13.1. The number of benzene rings is 2. The molecule has 0 aliphatic heterocycles. The molecule has 0 unspecified atom stereocenters. The highest BCUT2D eigenvalue weighted by atomic mass is 16.1. The van der Waals surface area contributed by atoms with Crippen LogP contribution in [0.25, 0.3) is 0 Å². The number of amides is 1. The second kappa shape index (κ2) is 7.07. The van der Waals surface area contributed by atoms with Crippen LogP contribution in [0.4, 0.5) is 5.69 Å². The molecule has 0 heterocycles. The molecule has 2 aromatic rings. The van der Waals surface area contributed by atoms with Gasteiger partial charge >= 0.3 is 0 Å². The van der Waals surface area contributed by atoms with Crippen molar-refractivity contribution in [3.05, 3.63) is 64.7 Å². The molecule has 1 N–H and O–H groups in total. The Morgan fingerprint density at radius 3 is 2.33 bits per heavy atom. The van der Waals surface area contributed by atoms with Crippen molar-refractivity contribution in [2.75, 3.05) is 5.32 Å². The SMILES string of the molecule is Cc1ccc(CCCC(=O)Nc2ccc(C)c(C)c2)cc1. The monoisotopic (exact) mass is 281 g/mol. The zero-order valence-corrected chi connectivity index (χ0v) is 13.1. The van der Waals surface area contributed by atoms with E-state index in [2.05, 4.69) is 50.4 Å². The zero-order chi connectivity index (χ0) is 15.2. The predicted octanol–water partition coefficient (Wildman–Crippen LogP) is 4.57. The lowest BCUT2D eigenvalue weighted by Gasteiger charge is -2.08. The second-order valence-electron chi connectivity index (χ2n) is 5.69. The van der Waals surface area contributed by atoms with Gasteiger partial charge in [-0.25, -0.2) is 0 Å².